The number of hydrogen-bond donors (Lipinski definition) is 1. The van der Waals surface area contributed by atoms with E-state index in [9.17, 15) is 0 Å². The molecule has 0 fully saturated rings. The Balaban J connectivity index is 2.04. The third-order valence-electron chi connectivity index (χ3n) is 3.29. The highest BCUT2D eigenvalue weighted by Crippen LogP contribution is 2.24. The van der Waals surface area contributed by atoms with E-state index in [0.717, 1.165) is 24.7 Å². The van der Waals surface area contributed by atoms with Crippen LogP contribution in [-0.2, 0) is 6.54 Å². The van der Waals surface area contributed by atoms with Gasteiger partial charge in [0, 0.05) is 29.6 Å². The van der Waals surface area contributed by atoms with E-state index < -0.39 is 0 Å². The molecule has 1 aromatic heterocycles. The van der Waals surface area contributed by atoms with Gasteiger partial charge in [-0.25, -0.2) is 4.98 Å². The van der Waals surface area contributed by atoms with E-state index in [0.29, 0.717) is 6.04 Å². The highest BCUT2D eigenvalue weighted by Gasteiger charge is 2.15. The van der Waals surface area contributed by atoms with Gasteiger partial charge in [-0.1, -0.05) is 24.6 Å². The molecule has 2 aromatic rings. The molecule has 1 aromatic carbocycles. The van der Waals surface area contributed by atoms with E-state index in [1.54, 1.807) is 0 Å². The highest BCUT2D eigenvalue weighted by atomic mass is 32.2. The minimum atomic E-state index is 0.293. The summed E-state index contributed by atoms with van der Waals surface area (Å²) in [5.41, 5.74) is 1.30. The largest absolute Gasteiger partial charge is 0.334 e. The maximum atomic E-state index is 4.52. The molecule has 0 saturated carbocycles. The standard InChI is InChI=1S/C16H23N3S/c1-4-17-15(16-18-10-11-19(16)5-2)12-20-14-8-6-13(3)7-9-14/h6-11,15,17H,4-5,12H2,1-3H3. The van der Waals surface area contributed by atoms with Crippen molar-refractivity contribution in [2.45, 2.75) is 38.3 Å². The van der Waals surface area contributed by atoms with E-state index in [2.05, 4.69) is 66.1 Å². The summed E-state index contributed by atoms with van der Waals surface area (Å²) in [6.07, 6.45) is 3.94. The summed E-state index contributed by atoms with van der Waals surface area (Å²) in [6.45, 7) is 8.33. The first-order valence-electron chi connectivity index (χ1n) is 7.18. The Morgan fingerprint density at radius 2 is 2.00 bits per heavy atom. The minimum Gasteiger partial charge on any atom is -0.334 e. The second-order valence-electron chi connectivity index (χ2n) is 4.81. The molecular weight excluding hydrogens is 266 g/mol. The first-order chi connectivity index (χ1) is 9.74. The van der Waals surface area contributed by atoms with Crippen molar-refractivity contribution in [3.8, 4) is 0 Å². The number of aromatic nitrogens is 2. The van der Waals surface area contributed by atoms with Crippen molar-refractivity contribution in [3.05, 3.63) is 48.0 Å². The van der Waals surface area contributed by atoms with Crippen LogP contribution in [0.2, 0.25) is 0 Å². The molecule has 0 spiro atoms. The van der Waals surface area contributed by atoms with Crippen molar-refractivity contribution >= 4 is 11.8 Å². The lowest BCUT2D eigenvalue weighted by molar-refractivity contribution is 0.539. The number of thioether (sulfide) groups is 1. The quantitative estimate of drug-likeness (QED) is 0.789. The van der Waals surface area contributed by atoms with E-state index in [-0.39, 0.29) is 0 Å². The van der Waals surface area contributed by atoms with Crippen LogP contribution in [0.1, 0.15) is 31.3 Å². The molecule has 1 unspecified atom stereocenters. The first kappa shape index (κ1) is 15.1. The third kappa shape index (κ3) is 3.87. The van der Waals surface area contributed by atoms with Crippen LogP contribution in [0.3, 0.4) is 0 Å². The molecule has 0 amide bonds. The topological polar surface area (TPSA) is 29.9 Å². The summed E-state index contributed by atoms with van der Waals surface area (Å²) in [6, 6.07) is 9.00. The van der Waals surface area contributed by atoms with Gasteiger partial charge in [-0.2, -0.15) is 0 Å². The van der Waals surface area contributed by atoms with Gasteiger partial charge in [-0.05, 0) is 32.5 Å². The molecule has 2 rings (SSSR count). The third-order valence-corrected chi connectivity index (χ3v) is 4.39. The number of imidazole rings is 1. The number of benzene rings is 1. The molecule has 0 aliphatic carbocycles. The molecule has 20 heavy (non-hydrogen) atoms. The second-order valence-corrected chi connectivity index (χ2v) is 5.90. The fourth-order valence-corrected chi connectivity index (χ4v) is 3.14. The lowest BCUT2D eigenvalue weighted by Crippen LogP contribution is -2.26. The van der Waals surface area contributed by atoms with Gasteiger partial charge in [0.05, 0.1) is 6.04 Å². The molecule has 1 atom stereocenters. The van der Waals surface area contributed by atoms with E-state index >= 15 is 0 Å². The van der Waals surface area contributed by atoms with Gasteiger partial charge in [0.1, 0.15) is 5.82 Å². The normalized spacial score (nSPS) is 12.6. The number of hydrogen-bond acceptors (Lipinski definition) is 3. The molecule has 0 bridgehead atoms. The van der Waals surface area contributed by atoms with E-state index in [4.69, 9.17) is 0 Å². The van der Waals surface area contributed by atoms with Gasteiger partial charge in [-0.3, -0.25) is 0 Å². The van der Waals surface area contributed by atoms with E-state index in [1.165, 1.54) is 10.5 Å². The number of aryl methyl sites for hydroxylation is 2. The summed E-state index contributed by atoms with van der Waals surface area (Å²) in [5, 5.41) is 3.54. The van der Waals surface area contributed by atoms with Crippen LogP contribution in [0.15, 0.2) is 41.6 Å². The van der Waals surface area contributed by atoms with Crippen molar-refractivity contribution in [3.63, 3.8) is 0 Å². The van der Waals surface area contributed by atoms with Crippen molar-refractivity contribution < 1.29 is 0 Å². The predicted octanol–water partition coefficient (Wildman–Crippen LogP) is 3.65. The van der Waals surface area contributed by atoms with Crippen LogP contribution in [-0.4, -0.2) is 21.8 Å². The average Bonchev–Trinajstić information content (AvgIpc) is 2.93. The van der Waals surface area contributed by atoms with Crippen LogP contribution >= 0.6 is 11.8 Å². The van der Waals surface area contributed by atoms with Crippen LogP contribution in [0.4, 0.5) is 0 Å². The minimum absolute atomic E-state index is 0.293. The molecule has 1 N–H and O–H groups in total. The average molecular weight is 289 g/mol. The zero-order chi connectivity index (χ0) is 14.4. The van der Waals surface area contributed by atoms with Crippen molar-refractivity contribution in [2.75, 3.05) is 12.3 Å². The summed E-state index contributed by atoms with van der Waals surface area (Å²) < 4.78 is 2.21. The molecule has 3 nitrogen and oxygen atoms in total. The van der Waals surface area contributed by atoms with Gasteiger partial charge < -0.3 is 9.88 Å². The predicted molar refractivity (Wildman–Crippen MR) is 86.2 cm³/mol. The lowest BCUT2D eigenvalue weighted by atomic mass is 10.2. The molecule has 0 aliphatic rings. The molecule has 0 aliphatic heterocycles. The number of nitrogens with one attached hydrogen (secondary N) is 1. The zero-order valence-corrected chi connectivity index (χ0v) is 13.3. The van der Waals surface area contributed by atoms with Gasteiger partial charge in [-0.15, -0.1) is 11.8 Å². The fraction of sp³-hybridized carbons (Fsp3) is 0.438. The molecule has 1 heterocycles. The SMILES string of the molecule is CCNC(CSc1ccc(C)cc1)c1nccn1CC. The Labute approximate surface area is 125 Å². The van der Waals surface area contributed by atoms with Gasteiger partial charge in [0.25, 0.3) is 0 Å². The Kier molecular flexibility index (Phi) is 5.68. The maximum absolute atomic E-state index is 4.52. The van der Waals surface area contributed by atoms with Crippen LogP contribution in [0.25, 0.3) is 0 Å². The first-order valence-corrected chi connectivity index (χ1v) is 8.17. The van der Waals surface area contributed by atoms with Crippen LogP contribution < -0.4 is 5.32 Å². The smallest absolute Gasteiger partial charge is 0.126 e. The van der Waals surface area contributed by atoms with Gasteiger partial charge >= 0.3 is 0 Å². The summed E-state index contributed by atoms with van der Waals surface area (Å²) >= 11 is 1.88. The Bertz CT molecular complexity index is 519. The zero-order valence-electron chi connectivity index (χ0n) is 12.5. The monoisotopic (exact) mass is 289 g/mol. The Morgan fingerprint density at radius 3 is 2.65 bits per heavy atom. The number of nitrogens with zero attached hydrogens (tertiary/aromatic N) is 2. The maximum Gasteiger partial charge on any atom is 0.126 e. The fourth-order valence-electron chi connectivity index (χ4n) is 2.18. The second kappa shape index (κ2) is 7.50. The number of rotatable bonds is 7. The highest BCUT2D eigenvalue weighted by molar-refractivity contribution is 7.99. The van der Waals surface area contributed by atoms with Crippen molar-refractivity contribution in [2.24, 2.45) is 0 Å². The van der Waals surface area contributed by atoms with Crippen LogP contribution in [0, 0.1) is 6.92 Å². The van der Waals surface area contributed by atoms with Crippen molar-refractivity contribution in [1.82, 2.24) is 14.9 Å². The molecule has 4 heteroatoms. The Morgan fingerprint density at radius 1 is 1.25 bits per heavy atom. The lowest BCUT2D eigenvalue weighted by Gasteiger charge is -2.18. The Hall–Kier alpha value is -1.26. The van der Waals surface area contributed by atoms with E-state index in [1.807, 2.05) is 18.0 Å². The summed E-state index contributed by atoms with van der Waals surface area (Å²) in [5.74, 6) is 2.13. The van der Waals surface area contributed by atoms with Gasteiger partial charge in [0.2, 0.25) is 0 Å². The molecule has 0 radical (unpaired) electrons. The summed E-state index contributed by atoms with van der Waals surface area (Å²) in [7, 11) is 0. The van der Waals surface area contributed by atoms with Crippen molar-refractivity contribution in [1.29, 1.82) is 0 Å². The summed E-state index contributed by atoms with van der Waals surface area (Å²) in [4.78, 5) is 5.83. The molecule has 0 saturated heterocycles. The molecular formula is C16H23N3S. The van der Waals surface area contributed by atoms with Gasteiger partial charge in [0.15, 0.2) is 0 Å². The van der Waals surface area contributed by atoms with Crippen LogP contribution in [0.5, 0.6) is 0 Å². The molecule has 108 valence electrons.